The Balaban J connectivity index is 2.04. The van der Waals surface area contributed by atoms with Crippen molar-refractivity contribution in [2.75, 3.05) is 25.6 Å². The smallest absolute Gasteiger partial charge is 0.148 e. The molecule has 0 radical (unpaired) electrons. The van der Waals surface area contributed by atoms with Gasteiger partial charge in [0.1, 0.15) is 11.6 Å². The third-order valence-electron chi connectivity index (χ3n) is 2.35. The summed E-state index contributed by atoms with van der Waals surface area (Å²) in [6, 6.07) is 8.15. The molecule has 90 valence electrons. The molecule has 2 aromatic rings. The molecule has 1 heterocycles. The summed E-state index contributed by atoms with van der Waals surface area (Å²) in [5, 5.41) is 10.1. The molecule has 0 aliphatic heterocycles. The van der Waals surface area contributed by atoms with E-state index in [-0.39, 0.29) is 5.82 Å². The minimum absolute atomic E-state index is 0.244. The van der Waals surface area contributed by atoms with Gasteiger partial charge in [0.15, 0.2) is 0 Å². The molecular formula is C12H14FN3O. The molecule has 2 rings (SSSR count). The van der Waals surface area contributed by atoms with Crippen LogP contribution in [0.5, 0.6) is 0 Å². The maximum absolute atomic E-state index is 12.8. The Morgan fingerprint density at radius 1 is 1.35 bits per heavy atom. The van der Waals surface area contributed by atoms with Crippen molar-refractivity contribution in [3.8, 4) is 11.3 Å². The van der Waals surface area contributed by atoms with Crippen molar-refractivity contribution in [3.05, 3.63) is 36.1 Å². The van der Waals surface area contributed by atoms with E-state index in [1.807, 2.05) is 6.07 Å². The van der Waals surface area contributed by atoms with E-state index in [0.717, 1.165) is 17.1 Å². The van der Waals surface area contributed by atoms with Crippen molar-refractivity contribution < 1.29 is 9.13 Å². The first-order valence-corrected chi connectivity index (χ1v) is 5.34. The number of rotatable bonds is 5. The number of nitrogens with one attached hydrogen (secondary N) is 2. The fourth-order valence-electron chi connectivity index (χ4n) is 1.47. The van der Waals surface area contributed by atoms with E-state index in [4.69, 9.17) is 4.74 Å². The maximum atomic E-state index is 12.8. The molecule has 0 aliphatic rings. The van der Waals surface area contributed by atoms with Crippen LogP contribution in [-0.4, -0.2) is 30.5 Å². The van der Waals surface area contributed by atoms with Crippen LogP contribution in [0.4, 0.5) is 10.2 Å². The van der Waals surface area contributed by atoms with Crippen LogP contribution in [-0.2, 0) is 4.74 Å². The molecule has 1 aromatic carbocycles. The Morgan fingerprint density at radius 3 is 2.82 bits per heavy atom. The minimum Gasteiger partial charge on any atom is -0.383 e. The standard InChI is InChI=1S/C12H14FN3O/c1-17-7-6-14-12-8-11(15-16-12)9-2-4-10(13)5-3-9/h2-5,8H,6-7H2,1H3,(H2,14,15,16). The van der Waals surface area contributed by atoms with E-state index < -0.39 is 0 Å². The molecular weight excluding hydrogens is 221 g/mol. The number of hydrogen-bond donors (Lipinski definition) is 2. The second-order valence-corrected chi connectivity index (χ2v) is 3.59. The van der Waals surface area contributed by atoms with E-state index >= 15 is 0 Å². The number of H-pyrrole nitrogens is 1. The first-order valence-electron chi connectivity index (χ1n) is 5.34. The highest BCUT2D eigenvalue weighted by molar-refractivity contribution is 5.62. The molecule has 1 aromatic heterocycles. The highest BCUT2D eigenvalue weighted by Crippen LogP contribution is 2.19. The number of methoxy groups -OCH3 is 1. The summed E-state index contributed by atoms with van der Waals surface area (Å²) in [7, 11) is 1.65. The molecule has 5 heteroatoms. The zero-order valence-corrected chi connectivity index (χ0v) is 9.53. The van der Waals surface area contributed by atoms with Gasteiger partial charge in [-0.1, -0.05) is 0 Å². The molecule has 0 spiro atoms. The maximum Gasteiger partial charge on any atom is 0.148 e. The molecule has 0 atom stereocenters. The van der Waals surface area contributed by atoms with E-state index in [1.54, 1.807) is 19.2 Å². The van der Waals surface area contributed by atoms with E-state index in [1.165, 1.54) is 12.1 Å². The van der Waals surface area contributed by atoms with Crippen LogP contribution in [0.2, 0.25) is 0 Å². The van der Waals surface area contributed by atoms with Gasteiger partial charge in [0.05, 0.1) is 12.3 Å². The van der Waals surface area contributed by atoms with Crippen molar-refractivity contribution in [2.45, 2.75) is 0 Å². The molecule has 0 saturated heterocycles. The van der Waals surface area contributed by atoms with Crippen molar-refractivity contribution in [1.82, 2.24) is 10.2 Å². The fraction of sp³-hybridized carbons (Fsp3) is 0.250. The molecule has 0 unspecified atom stereocenters. The topological polar surface area (TPSA) is 49.9 Å². The normalized spacial score (nSPS) is 10.5. The number of halogens is 1. The zero-order chi connectivity index (χ0) is 12.1. The average Bonchev–Trinajstić information content (AvgIpc) is 2.79. The first-order chi connectivity index (χ1) is 8.29. The number of aromatic amines is 1. The zero-order valence-electron chi connectivity index (χ0n) is 9.53. The quantitative estimate of drug-likeness (QED) is 0.782. The molecule has 0 saturated carbocycles. The molecule has 0 fully saturated rings. The number of hydrogen-bond acceptors (Lipinski definition) is 3. The van der Waals surface area contributed by atoms with Crippen LogP contribution < -0.4 is 5.32 Å². The summed E-state index contributed by atoms with van der Waals surface area (Å²) in [4.78, 5) is 0. The van der Waals surface area contributed by atoms with Gasteiger partial charge in [0.2, 0.25) is 0 Å². The molecule has 17 heavy (non-hydrogen) atoms. The van der Waals surface area contributed by atoms with Crippen molar-refractivity contribution in [1.29, 1.82) is 0 Å². The van der Waals surface area contributed by atoms with Crippen molar-refractivity contribution >= 4 is 5.82 Å². The van der Waals surface area contributed by atoms with Gasteiger partial charge in [-0.05, 0) is 29.8 Å². The number of nitrogens with zero attached hydrogens (tertiary/aromatic N) is 1. The fourth-order valence-corrected chi connectivity index (χ4v) is 1.47. The molecule has 4 nitrogen and oxygen atoms in total. The van der Waals surface area contributed by atoms with Crippen LogP contribution >= 0.6 is 0 Å². The van der Waals surface area contributed by atoms with Crippen LogP contribution in [0.3, 0.4) is 0 Å². The van der Waals surface area contributed by atoms with Crippen molar-refractivity contribution in [2.24, 2.45) is 0 Å². The predicted molar refractivity (Wildman–Crippen MR) is 64.3 cm³/mol. The Kier molecular flexibility index (Phi) is 3.72. The average molecular weight is 235 g/mol. The summed E-state index contributed by atoms with van der Waals surface area (Å²) in [6.07, 6.45) is 0. The number of aromatic nitrogens is 2. The lowest BCUT2D eigenvalue weighted by Gasteiger charge is -1.99. The highest BCUT2D eigenvalue weighted by atomic mass is 19.1. The van der Waals surface area contributed by atoms with Gasteiger partial charge in [0, 0.05) is 19.7 Å². The number of ether oxygens (including phenoxy) is 1. The Hall–Kier alpha value is -1.88. The number of benzene rings is 1. The van der Waals surface area contributed by atoms with Gasteiger partial charge in [-0.3, -0.25) is 5.10 Å². The van der Waals surface area contributed by atoms with E-state index in [2.05, 4.69) is 15.5 Å². The largest absolute Gasteiger partial charge is 0.383 e. The van der Waals surface area contributed by atoms with Crippen LogP contribution in [0.25, 0.3) is 11.3 Å². The number of anilines is 1. The van der Waals surface area contributed by atoms with Gasteiger partial charge in [-0.2, -0.15) is 5.10 Å². The Morgan fingerprint density at radius 2 is 2.12 bits per heavy atom. The van der Waals surface area contributed by atoms with E-state index in [9.17, 15) is 4.39 Å². The highest BCUT2D eigenvalue weighted by Gasteiger charge is 2.03. The van der Waals surface area contributed by atoms with Gasteiger partial charge >= 0.3 is 0 Å². The predicted octanol–water partition coefficient (Wildman–Crippen LogP) is 2.27. The molecule has 0 aliphatic carbocycles. The summed E-state index contributed by atoms with van der Waals surface area (Å²) in [5.41, 5.74) is 1.75. The lowest BCUT2D eigenvalue weighted by molar-refractivity contribution is 0.210. The second kappa shape index (κ2) is 5.45. The van der Waals surface area contributed by atoms with Gasteiger partial charge in [-0.15, -0.1) is 0 Å². The van der Waals surface area contributed by atoms with Gasteiger partial charge in [-0.25, -0.2) is 4.39 Å². The van der Waals surface area contributed by atoms with E-state index in [0.29, 0.717) is 13.2 Å². The van der Waals surface area contributed by atoms with Crippen LogP contribution in [0.15, 0.2) is 30.3 Å². The van der Waals surface area contributed by atoms with Crippen molar-refractivity contribution in [3.63, 3.8) is 0 Å². The summed E-state index contributed by atoms with van der Waals surface area (Å²) in [5.74, 6) is 0.507. The van der Waals surface area contributed by atoms with Crippen LogP contribution in [0, 0.1) is 5.82 Å². The molecule has 2 N–H and O–H groups in total. The van der Waals surface area contributed by atoms with Crippen LogP contribution in [0.1, 0.15) is 0 Å². The first kappa shape index (κ1) is 11.6. The lowest BCUT2D eigenvalue weighted by Crippen LogP contribution is -2.07. The third kappa shape index (κ3) is 3.04. The third-order valence-corrected chi connectivity index (χ3v) is 2.35. The second-order valence-electron chi connectivity index (χ2n) is 3.59. The summed E-state index contributed by atoms with van der Waals surface area (Å²) < 4.78 is 17.7. The molecule has 0 amide bonds. The summed E-state index contributed by atoms with van der Waals surface area (Å²) >= 11 is 0. The lowest BCUT2D eigenvalue weighted by atomic mass is 10.1. The van der Waals surface area contributed by atoms with Gasteiger partial charge in [0.25, 0.3) is 0 Å². The summed E-state index contributed by atoms with van der Waals surface area (Å²) in [6.45, 7) is 1.32. The monoisotopic (exact) mass is 235 g/mol. The SMILES string of the molecule is COCCNc1cc(-c2ccc(F)cc2)[nH]n1. The Bertz CT molecular complexity index is 467. The van der Waals surface area contributed by atoms with Gasteiger partial charge < -0.3 is 10.1 Å². The Labute approximate surface area is 98.8 Å². The minimum atomic E-state index is -0.244. The molecule has 0 bridgehead atoms.